The molecule has 1 aromatic heterocycles. The topological polar surface area (TPSA) is 41.6 Å². The van der Waals surface area contributed by atoms with E-state index in [4.69, 9.17) is 4.74 Å². The van der Waals surface area contributed by atoms with E-state index in [1.165, 1.54) is 44.2 Å². The number of piperidine rings is 1. The summed E-state index contributed by atoms with van der Waals surface area (Å²) in [5.74, 6) is -0.266. The van der Waals surface area contributed by atoms with Crippen molar-refractivity contribution in [3.05, 3.63) is 58.0 Å². The van der Waals surface area contributed by atoms with Gasteiger partial charge >= 0.3 is 0 Å². The summed E-state index contributed by atoms with van der Waals surface area (Å²) in [6.45, 7) is 2.18. The average molecular weight is 431 g/mol. The molecule has 1 aromatic carbocycles. The predicted octanol–water partition coefficient (Wildman–Crippen LogP) is 4.91. The molecule has 1 aliphatic heterocycles. The summed E-state index contributed by atoms with van der Waals surface area (Å²) in [7, 11) is 0. The number of hydrogen-bond acceptors (Lipinski definition) is 4. The Kier molecular flexibility index (Phi) is 7.52. The molecule has 1 atom stereocenters. The fourth-order valence-corrected chi connectivity index (χ4v) is 5.32. The predicted molar refractivity (Wildman–Crippen MR) is 118 cm³/mol. The van der Waals surface area contributed by atoms with Gasteiger partial charge in [0.25, 0.3) is 0 Å². The second kappa shape index (κ2) is 10.5. The minimum atomic E-state index is -0.270. The third kappa shape index (κ3) is 5.90. The summed E-state index contributed by atoms with van der Waals surface area (Å²) in [6.07, 6.45) is 9.12. The molecule has 1 unspecified atom stereocenters. The Morgan fingerprint density at radius 1 is 1.07 bits per heavy atom. The zero-order valence-electron chi connectivity index (χ0n) is 17.4. The number of carbonyl (C=O) groups is 1. The standard InChI is InChI=1S/C24H31FN2O2S/c25-19-10-8-18(9-11-19)24(22-7-4-16-30-22)26-23(28)17-27-14-12-21(13-15-27)29-20-5-2-1-3-6-20/h4,7-11,16,20-21,24H,1-3,5-6,12-15,17H2,(H,26,28). The van der Waals surface area contributed by atoms with E-state index in [1.807, 2.05) is 17.5 Å². The van der Waals surface area contributed by atoms with Crippen molar-refractivity contribution >= 4 is 17.2 Å². The van der Waals surface area contributed by atoms with Crippen molar-refractivity contribution in [2.75, 3.05) is 19.6 Å². The first-order valence-electron chi connectivity index (χ1n) is 11.1. The molecule has 1 saturated heterocycles. The monoisotopic (exact) mass is 430 g/mol. The quantitative estimate of drug-likeness (QED) is 0.679. The number of amides is 1. The first-order valence-corrected chi connectivity index (χ1v) is 12.0. The summed E-state index contributed by atoms with van der Waals surface area (Å²) in [4.78, 5) is 16.1. The molecule has 1 aliphatic carbocycles. The minimum Gasteiger partial charge on any atom is -0.375 e. The second-order valence-electron chi connectivity index (χ2n) is 8.44. The summed E-state index contributed by atoms with van der Waals surface area (Å²) < 4.78 is 19.7. The van der Waals surface area contributed by atoms with Gasteiger partial charge in [-0.3, -0.25) is 9.69 Å². The van der Waals surface area contributed by atoms with Crippen LogP contribution in [0.15, 0.2) is 41.8 Å². The molecule has 1 amide bonds. The second-order valence-corrected chi connectivity index (χ2v) is 9.42. The van der Waals surface area contributed by atoms with E-state index in [-0.39, 0.29) is 17.8 Å². The maximum absolute atomic E-state index is 13.3. The Labute approximate surface area is 182 Å². The highest BCUT2D eigenvalue weighted by molar-refractivity contribution is 7.10. The van der Waals surface area contributed by atoms with Crippen molar-refractivity contribution in [2.24, 2.45) is 0 Å². The Morgan fingerprint density at radius 3 is 2.43 bits per heavy atom. The van der Waals surface area contributed by atoms with Crippen LogP contribution < -0.4 is 5.32 Å². The van der Waals surface area contributed by atoms with Crippen LogP contribution in [0, 0.1) is 5.82 Å². The van der Waals surface area contributed by atoms with Gasteiger partial charge in [0.15, 0.2) is 0 Å². The third-order valence-corrected chi connectivity index (χ3v) is 7.11. The molecule has 2 aromatic rings. The zero-order valence-corrected chi connectivity index (χ0v) is 18.2. The molecule has 2 aliphatic rings. The molecular weight excluding hydrogens is 399 g/mol. The first-order chi connectivity index (χ1) is 14.7. The van der Waals surface area contributed by atoms with Crippen LogP contribution in [-0.2, 0) is 9.53 Å². The molecule has 1 saturated carbocycles. The van der Waals surface area contributed by atoms with Gasteiger partial charge in [-0.25, -0.2) is 4.39 Å². The molecule has 162 valence electrons. The largest absolute Gasteiger partial charge is 0.375 e. The number of benzene rings is 1. The lowest BCUT2D eigenvalue weighted by Gasteiger charge is -2.34. The number of thiophene rings is 1. The van der Waals surface area contributed by atoms with E-state index in [2.05, 4.69) is 10.2 Å². The number of nitrogens with zero attached hydrogens (tertiary/aromatic N) is 1. The molecule has 0 bridgehead atoms. The van der Waals surface area contributed by atoms with Crippen molar-refractivity contribution in [1.29, 1.82) is 0 Å². The van der Waals surface area contributed by atoms with Gasteiger partial charge in [-0.2, -0.15) is 0 Å². The van der Waals surface area contributed by atoms with Crippen LogP contribution in [0.5, 0.6) is 0 Å². The number of likely N-dealkylation sites (tertiary alicyclic amines) is 1. The molecule has 0 spiro atoms. The fourth-order valence-electron chi connectivity index (χ4n) is 4.52. The number of carbonyl (C=O) groups excluding carboxylic acids is 1. The SMILES string of the molecule is O=C(CN1CCC(OC2CCCCC2)CC1)NC(c1ccc(F)cc1)c1cccs1. The fraction of sp³-hybridized carbons (Fsp3) is 0.542. The Morgan fingerprint density at radius 2 is 1.77 bits per heavy atom. The van der Waals surface area contributed by atoms with E-state index >= 15 is 0 Å². The van der Waals surface area contributed by atoms with Crippen LogP contribution >= 0.6 is 11.3 Å². The lowest BCUT2D eigenvalue weighted by molar-refractivity contribution is -0.123. The van der Waals surface area contributed by atoms with E-state index in [1.54, 1.807) is 23.5 Å². The van der Waals surface area contributed by atoms with Gasteiger partial charge in [-0.05, 0) is 54.8 Å². The van der Waals surface area contributed by atoms with Gasteiger partial charge in [-0.1, -0.05) is 37.5 Å². The minimum absolute atomic E-state index is 0.00405. The van der Waals surface area contributed by atoms with Gasteiger partial charge in [0.05, 0.1) is 24.8 Å². The summed E-state index contributed by atoms with van der Waals surface area (Å²) in [5, 5.41) is 5.15. The van der Waals surface area contributed by atoms with E-state index in [9.17, 15) is 9.18 Å². The van der Waals surface area contributed by atoms with Gasteiger partial charge < -0.3 is 10.1 Å². The average Bonchev–Trinajstić information content (AvgIpc) is 3.30. The molecule has 6 heteroatoms. The van der Waals surface area contributed by atoms with Gasteiger partial charge in [-0.15, -0.1) is 11.3 Å². The summed E-state index contributed by atoms with van der Waals surface area (Å²) in [6, 6.07) is 10.1. The summed E-state index contributed by atoms with van der Waals surface area (Å²) in [5.41, 5.74) is 0.895. The van der Waals surface area contributed by atoms with Crippen molar-refractivity contribution in [3.8, 4) is 0 Å². The number of rotatable bonds is 7. The summed E-state index contributed by atoms with van der Waals surface area (Å²) >= 11 is 1.60. The van der Waals surface area contributed by atoms with Crippen LogP contribution in [0.2, 0.25) is 0 Å². The van der Waals surface area contributed by atoms with Crippen LogP contribution in [-0.4, -0.2) is 42.6 Å². The van der Waals surface area contributed by atoms with Gasteiger partial charge in [0.1, 0.15) is 5.82 Å². The van der Waals surface area contributed by atoms with Gasteiger partial charge in [0, 0.05) is 18.0 Å². The Bertz CT molecular complexity index is 782. The Balaban J connectivity index is 1.28. The number of ether oxygens (including phenoxy) is 1. The molecule has 2 heterocycles. The van der Waals surface area contributed by atoms with Gasteiger partial charge in [0.2, 0.25) is 5.91 Å². The highest BCUT2D eigenvalue weighted by Gasteiger charge is 2.26. The highest BCUT2D eigenvalue weighted by atomic mass is 32.1. The molecule has 2 fully saturated rings. The molecule has 4 rings (SSSR count). The van der Waals surface area contributed by atoms with E-state index < -0.39 is 0 Å². The maximum atomic E-state index is 13.3. The molecular formula is C24H31FN2O2S. The molecule has 1 N–H and O–H groups in total. The molecule has 30 heavy (non-hydrogen) atoms. The maximum Gasteiger partial charge on any atom is 0.234 e. The third-order valence-electron chi connectivity index (χ3n) is 6.18. The smallest absolute Gasteiger partial charge is 0.234 e. The number of halogens is 1. The Hall–Kier alpha value is -1.76. The lowest BCUT2D eigenvalue weighted by atomic mass is 9.97. The molecule has 4 nitrogen and oxygen atoms in total. The van der Waals surface area contributed by atoms with E-state index in [0.717, 1.165) is 36.4 Å². The van der Waals surface area contributed by atoms with Crippen LogP contribution in [0.3, 0.4) is 0 Å². The first kappa shape index (κ1) is 21.5. The van der Waals surface area contributed by atoms with Crippen molar-refractivity contribution in [1.82, 2.24) is 10.2 Å². The normalized spacial score (nSPS) is 20.2. The van der Waals surface area contributed by atoms with Crippen molar-refractivity contribution < 1.29 is 13.9 Å². The van der Waals surface area contributed by atoms with Crippen LogP contribution in [0.25, 0.3) is 0 Å². The molecule has 0 radical (unpaired) electrons. The van der Waals surface area contributed by atoms with Crippen LogP contribution in [0.4, 0.5) is 4.39 Å². The van der Waals surface area contributed by atoms with E-state index in [0.29, 0.717) is 18.8 Å². The number of hydrogen-bond donors (Lipinski definition) is 1. The van der Waals surface area contributed by atoms with Crippen molar-refractivity contribution in [3.63, 3.8) is 0 Å². The number of nitrogens with one attached hydrogen (secondary N) is 1. The highest BCUT2D eigenvalue weighted by Crippen LogP contribution is 2.27. The lowest BCUT2D eigenvalue weighted by Crippen LogP contribution is -2.44. The zero-order chi connectivity index (χ0) is 20.8. The van der Waals surface area contributed by atoms with Crippen LogP contribution in [0.1, 0.15) is 61.4 Å². The van der Waals surface area contributed by atoms with Crippen molar-refractivity contribution in [2.45, 2.75) is 63.2 Å².